The summed E-state index contributed by atoms with van der Waals surface area (Å²) < 4.78 is 77.9. The molecule has 31 heavy (non-hydrogen) atoms. The van der Waals surface area contributed by atoms with Crippen molar-refractivity contribution in [2.24, 2.45) is 0 Å². The van der Waals surface area contributed by atoms with Crippen molar-refractivity contribution in [1.82, 2.24) is 14.9 Å². The number of rotatable bonds is 4. The molecule has 1 aromatic heterocycles. The molecule has 3 rings (SSSR count). The number of carbonyl (C=O) groups is 1. The zero-order valence-electron chi connectivity index (χ0n) is 17.4. The number of halogens is 3. The summed E-state index contributed by atoms with van der Waals surface area (Å²) in [5, 5.41) is 0. The molecule has 0 saturated carbocycles. The van der Waals surface area contributed by atoms with Crippen LogP contribution in [-0.4, -0.2) is 79.2 Å². The molecule has 0 aromatic carbocycles. The van der Waals surface area contributed by atoms with E-state index in [0.717, 1.165) is 0 Å². The van der Waals surface area contributed by atoms with Gasteiger partial charge in [0.2, 0.25) is 11.8 Å². The largest absolute Gasteiger partial charge is 0.534 e. The van der Waals surface area contributed by atoms with E-state index in [-0.39, 0.29) is 31.0 Å². The van der Waals surface area contributed by atoms with Gasteiger partial charge in [-0.3, -0.25) is 4.79 Å². The minimum atomic E-state index is -6.09. The lowest BCUT2D eigenvalue weighted by Gasteiger charge is -2.33. The molecule has 1 fully saturated rings. The van der Waals surface area contributed by atoms with Gasteiger partial charge < -0.3 is 23.5 Å². The highest BCUT2D eigenvalue weighted by Crippen LogP contribution is 2.37. The topological polar surface area (TPSA) is 111 Å². The molecule has 1 saturated heterocycles. The smallest absolute Gasteiger partial charge is 0.469 e. The molecule has 0 spiro atoms. The fraction of sp³-hybridized carbons (Fsp3) is 0.706. The number of aromatic nitrogens is 2. The van der Waals surface area contributed by atoms with Crippen LogP contribution in [0, 0.1) is 0 Å². The van der Waals surface area contributed by atoms with Crippen LogP contribution in [0.15, 0.2) is 0 Å². The van der Waals surface area contributed by atoms with E-state index in [0.29, 0.717) is 19.8 Å². The first-order chi connectivity index (χ1) is 14.3. The number of carbonyl (C=O) groups excluding carboxylic acids is 1. The van der Waals surface area contributed by atoms with E-state index in [4.69, 9.17) is 9.47 Å². The van der Waals surface area contributed by atoms with Gasteiger partial charge in [-0.15, -0.1) is 0 Å². The van der Waals surface area contributed by atoms with Gasteiger partial charge in [-0.1, -0.05) is 0 Å². The monoisotopic (exact) mass is 468 g/mol. The number of hydrogen-bond donors (Lipinski definition) is 0. The quantitative estimate of drug-likeness (QED) is 0.480. The van der Waals surface area contributed by atoms with E-state index in [2.05, 4.69) is 14.2 Å². The zero-order valence-corrected chi connectivity index (χ0v) is 18.2. The summed E-state index contributed by atoms with van der Waals surface area (Å²) in [5.74, 6) is -2.30. The molecule has 1 aromatic rings. The molecule has 0 N–H and O–H groups in total. The molecular weight excluding hydrogens is 445 g/mol. The SMILES string of the molecule is CCN1CC(C)(C)Oc2nc(N3CCOC[C@@H]3C)nc(OS(=O)(=O)C(F)(F)F)c2C1=O. The van der Waals surface area contributed by atoms with Gasteiger partial charge >= 0.3 is 15.6 Å². The molecule has 1 amide bonds. The summed E-state index contributed by atoms with van der Waals surface area (Å²) >= 11 is 0. The maximum absolute atomic E-state index is 13.0. The van der Waals surface area contributed by atoms with Gasteiger partial charge in [0.25, 0.3) is 11.8 Å². The second kappa shape index (κ2) is 7.97. The van der Waals surface area contributed by atoms with Crippen molar-refractivity contribution in [2.45, 2.75) is 44.8 Å². The van der Waals surface area contributed by atoms with E-state index in [1.165, 1.54) is 4.90 Å². The van der Waals surface area contributed by atoms with E-state index in [1.807, 2.05) is 0 Å². The highest BCUT2D eigenvalue weighted by atomic mass is 32.2. The van der Waals surface area contributed by atoms with Crippen molar-refractivity contribution < 1.29 is 40.0 Å². The Kier molecular flexibility index (Phi) is 5.99. The Labute approximate surface area is 177 Å². The summed E-state index contributed by atoms with van der Waals surface area (Å²) in [7, 11) is -6.09. The standard InChI is InChI=1S/C17H23F3N4O6S/c1-5-23-9-16(3,4)29-12-11(14(23)25)13(30-31(26,27)17(18,19)20)22-15(21-12)24-6-7-28-8-10(24)2/h10H,5-9H2,1-4H3/t10-/m0/s1. The lowest BCUT2D eigenvalue weighted by atomic mass is 10.1. The van der Waals surface area contributed by atoms with Gasteiger partial charge in [-0.25, -0.2) is 0 Å². The molecule has 0 aliphatic carbocycles. The Balaban J connectivity index is 2.21. The first kappa shape index (κ1) is 23.3. The van der Waals surface area contributed by atoms with Gasteiger partial charge in [-0.2, -0.15) is 31.6 Å². The van der Waals surface area contributed by atoms with Crippen LogP contribution in [0.2, 0.25) is 0 Å². The van der Waals surface area contributed by atoms with E-state index < -0.39 is 38.6 Å². The van der Waals surface area contributed by atoms with Crippen molar-refractivity contribution in [3.8, 4) is 11.8 Å². The highest BCUT2D eigenvalue weighted by Gasteiger charge is 2.50. The van der Waals surface area contributed by atoms with Gasteiger partial charge in [0, 0.05) is 13.1 Å². The van der Waals surface area contributed by atoms with Crippen LogP contribution in [0.3, 0.4) is 0 Å². The van der Waals surface area contributed by atoms with E-state index in [9.17, 15) is 26.4 Å². The Morgan fingerprint density at radius 1 is 1.29 bits per heavy atom. The number of nitrogens with zero attached hydrogens (tertiary/aromatic N) is 4. The fourth-order valence-corrected chi connectivity index (χ4v) is 3.69. The van der Waals surface area contributed by atoms with Crippen molar-refractivity contribution >= 4 is 22.0 Å². The van der Waals surface area contributed by atoms with Crippen molar-refractivity contribution in [2.75, 3.05) is 37.7 Å². The second-order valence-electron chi connectivity index (χ2n) is 7.79. The maximum Gasteiger partial charge on any atom is 0.534 e. The fourth-order valence-electron chi connectivity index (χ4n) is 3.27. The highest BCUT2D eigenvalue weighted by molar-refractivity contribution is 7.88. The number of fused-ring (bicyclic) bond motifs is 1. The van der Waals surface area contributed by atoms with E-state index in [1.54, 1.807) is 32.6 Å². The molecule has 3 heterocycles. The molecule has 0 bridgehead atoms. The minimum absolute atomic E-state index is 0.0907. The Morgan fingerprint density at radius 2 is 1.97 bits per heavy atom. The summed E-state index contributed by atoms with van der Waals surface area (Å²) in [6, 6.07) is -0.263. The van der Waals surface area contributed by atoms with Crippen LogP contribution in [0.4, 0.5) is 19.1 Å². The maximum atomic E-state index is 13.0. The predicted octanol–water partition coefficient (Wildman–Crippen LogP) is 1.56. The number of amides is 1. The van der Waals surface area contributed by atoms with Crippen LogP contribution in [-0.2, 0) is 14.9 Å². The molecule has 2 aliphatic rings. The second-order valence-corrected chi connectivity index (χ2v) is 9.33. The molecule has 0 unspecified atom stereocenters. The van der Waals surface area contributed by atoms with Crippen molar-refractivity contribution in [3.63, 3.8) is 0 Å². The van der Waals surface area contributed by atoms with Crippen LogP contribution < -0.4 is 13.8 Å². The summed E-state index contributed by atoms with van der Waals surface area (Å²) in [4.78, 5) is 24.1. The summed E-state index contributed by atoms with van der Waals surface area (Å²) in [6.07, 6.45) is 0. The first-order valence-electron chi connectivity index (χ1n) is 9.51. The Hall–Kier alpha value is -2.35. The first-order valence-corrected chi connectivity index (χ1v) is 10.9. The third-order valence-corrected chi connectivity index (χ3v) is 5.70. The number of anilines is 1. The number of morpholine rings is 1. The number of hydrogen-bond acceptors (Lipinski definition) is 9. The average Bonchev–Trinajstić information content (AvgIpc) is 2.74. The number of alkyl halides is 3. The predicted molar refractivity (Wildman–Crippen MR) is 102 cm³/mol. The van der Waals surface area contributed by atoms with Crippen LogP contribution in [0.25, 0.3) is 0 Å². The van der Waals surface area contributed by atoms with Crippen molar-refractivity contribution in [3.05, 3.63) is 5.56 Å². The van der Waals surface area contributed by atoms with Gasteiger partial charge in [0.05, 0.1) is 25.8 Å². The zero-order chi connectivity index (χ0) is 23.2. The molecular formula is C17H23F3N4O6S. The van der Waals surface area contributed by atoms with Crippen LogP contribution in [0.1, 0.15) is 38.1 Å². The molecule has 10 nitrogen and oxygen atoms in total. The van der Waals surface area contributed by atoms with Gasteiger partial charge in [0.1, 0.15) is 5.60 Å². The molecule has 2 aliphatic heterocycles. The Bertz CT molecular complexity index is 969. The lowest BCUT2D eigenvalue weighted by Crippen LogP contribution is -2.44. The number of ether oxygens (including phenoxy) is 2. The summed E-state index contributed by atoms with van der Waals surface area (Å²) in [5.41, 5.74) is -7.25. The molecule has 14 heteroatoms. The average molecular weight is 468 g/mol. The van der Waals surface area contributed by atoms with Crippen molar-refractivity contribution in [1.29, 1.82) is 0 Å². The third-order valence-electron chi connectivity index (χ3n) is 4.75. The lowest BCUT2D eigenvalue weighted by molar-refractivity contribution is -0.0501. The van der Waals surface area contributed by atoms with Gasteiger partial charge in [0.15, 0.2) is 5.56 Å². The van der Waals surface area contributed by atoms with E-state index >= 15 is 0 Å². The summed E-state index contributed by atoms with van der Waals surface area (Å²) in [6.45, 7) is 7.96. The normalized spacial score (nSPS) is 21.9. The molecule has 174 valence electrons. The third kappa shape index (κ3) is 4.63. The minimum Gasteiger partial charge on any atom is -0.469 e. The molecule has 0 radical (unpaired) electrons. The Morgan fingerprint density at radius 3 is 2.55 bits per heavy atom. The van der Waals surface area contributed by atoms with Crippen LogP contribution >= 0.6 is 0 Å². The molecule has 1 atom stereocenters. The number of likely N-dealkylation sites (N-methyl/N-ethyl adjacent to an activating group) is 1. The van der Waals surface area contributed by atoms with Gasteiger partial charge in [-0.05, 0) is 27.7 Å². The van der Waals surface area contributed by atoms with Crippen LogP contribution in [0.5, 0.6) is 11.8 Å².